The van der Waals surface area contributed by atoms with Gasteiger partial charge in [-0.3, -0.25) is 9.38 Å². The largest absolute Gasteiger partial charge is 0.291 e. The molecule has 0 saturated carbocycles. The van der Waals surface area contributed by atoms with Crippen molar-refractivity contribution in [3.05, 3.63) is 28.9 Å². The lowest BCUT2D eigenvalue weighted by atomic mass is 10.5. The lowest BCUT2D eigenvalue weighted by Gasteiger charge is -1.94. The highest BCUT2D eigenvalue weighted by Gasteiger charge is 1.98. The fourth-order valence-electron chi connectivity index (χ4n) is 0.956. The van der Waals surface area contributed by atoms with Crippen LogP contribution in [0.2, 0.25) is 0 Å². The summed E-state index contributed by atoms with van der Waals surface area (Å²) in [6, 6.07) is 0. The summed E-state index contributed by atoms with van der Waals surface area (Å²) < 4.78 is 2.90. The van der Waals surface area contributed by atoms with Crippen LogP contribution in [0.4, 0.5) is 0 Å². The maximum atomic E-state index is 4.12. The maximum Gasteiger partial charge on any atom is 0.156 e. The monoisotopic (exact) mass is 241 g/mol. The summed E-state index contributed by atoms with van der Waals surface area (Å²) in [5.41, 5.74) is 1.85. The van der Waals surface area contributed by atoms with Crippen molar-refractivity contribution in [2.24, 2.45) is 0 Å². The summed E-state index contributed by atoms with van der Waals surface area (Å²) in [6.07, 6.45) is 5.45. The van der Waals surface area contributed by atoms with Crippen LogP contribution in [-0.2, 0) is 0 Å². The van der Waals surface area contributed by atoms with Crippen LogP contribution in [0.1, 0.15) is 19.5 Å². The SMILES string of the molecule is CC.Cc1cn2c(Br)cnc2cn1. The number of nitrogens with zero attached hydrogens (tertiary/aromatic N) is 3. The third-order valence-corrected chi connectivity index (χ3v) is 2.07. The lowest BCUT2D eigenvalue weighted by molar-refractivity contribution is 1.05. The third-order valence-electron chi connectivity index (χ3n) is 1.48. The van der Waals surface area contributed by atoms with Gasteiger partial charge in [-0.25, -0.2) is 4.98 Å². The van der Waals surface area contributed by atoms with Crippen LogP contribution in [-0.4, -0.2) is 14.4 Å². The molecule has 2 rings (SSSR count). The second-order valence-corrected chi connectivity index (χ2v) is 3.15. The van der Waals surface area contributed by atoms with Gasteiger partial charge in [-0.1, -0.05) is 13.8 Å². The van der Waals surface area contributed by atoms with Crippen LogP contribution >= 0.6 is 15.9 Å². The van der Waals surface area contributed by atoms with Gasteiger partial charge in [0.15, 0.2) is 5.65 Å². The van der Waals surface area contributed by atoms with E-state index in [2.05, 4.69) is 25.9 Å². The molecule has 2 aromatic heterocycles. The molecule has 0 unspecified atom stereocenters. The Balaban J connectivity index is 0.000000396. The van der Waals surface area contributed by atoms with Crippen LogP contribution in [0, 0.1) is 6.92 Å². The molecule has 2 aromatic rings. The molecule has 0 N–H and O–H groups in total. The summed E-state index contributed by atoms with van der Waals surface area (Å²) >= 11 is 3.37. The summed E-state index contributed by atoms with van der Waals surface area (Å²) in [5.74, 6) is 0. The number of imidazole rings is 1. The first-order chi connectivity index (χ1) is 6.27. The van der Waals surface area contributed by atoms with Gasteiger partial charge in [0.25, 0.3) is 0 Å². The van der Waals surface area contributed by atoms with Gasteiger partial charge in [0.2, 0.25) is 0 Å². The Morgan fingerprint density at radius 3 is 2.62 bits per heavy atom. The number of halogens is 1. The normalized spacial score (nSPS) is 9.54. The lowest BCUT2D eigenvalue weighted by Crippen LogP contribution is -1.88. The number of rotatable bonds is 0. The van der Waals surface area contributed by atoms with E-state index in [0.717, 1.165) is 15.9 Å². The van der Waals surface area contributed by atoms with Gasteiger partial charge in [-0.15, -0.1) is 0 Å². The first-order valence-electron chi connectivity index (χ1n) is 4.22. The molecule has 0 amide bonds. The molecule has 0 fully saturated rings. The second kappa shape index (κ2) is 4.37. The van der Waals surface area contributed by atoms with E-state index in [0.29, 0.717) is 0 Å². The Bertz CT molecular complexity index is 395. The van der Waals surface area contributed by atoms with E-state index in [4.69, 9.17) is 0 Å². The first kappa shape index (κ1) is 10.2. The average molecular weight is 242 g/mol. The molecule has 4 heteroatoms. The maximum absolute atomic E-state index is 4.12. The van der Waals surface area contributed by atoms with Gasteiger partial charge in [0.1, 0.15) is 4.60 Å². The van der Waals surface area contributed by atoms with Crippen molar-refractivity contribution in [3.63, 3.8) is 0 Å². The molecule has 70 valence electrons. The summed E-state index contributed by atoms with van der Waals surface area (Å²) in [7, 11) is 0. The zero-order chi connectivity index (χ0) is 9.84. The summed E-state index contributed by atoms with van der Waals surface area (Å²) in [4.78, 5) is 8.23. The Morgan fingerprint density at radius 2 is 1.92 bits per heavy atom. The van der Waals surface area contributed by atoms with E-state index in [1.54, 1.807) is 12.4 Å². The first-order valence-corrected chi connectivity index (χ1v) is 5.02. The number of fused-ring (bicyclic) bond motifs is 1. The molecule has 0 aliphatic rings. The third kappa shape index (κ3) is 2.06. The van der Waals surface area contributed by atoms with Crippen molar-refractivity contribution in [1.29, 1.82) is 0 Å². The van der Waals surface area contributed by atoms with Crippen LogP contribution in [0.3, 0.4) is 0 Å². The van der Waals surface area contributed by atoms with Gasteiger partial charge in [0, 0.05) is 6.20 Å². The minimum atomic E-state index is 0.863. The highest BCUT2D eigenvalue weighted by molar-refractivity contribution is 9.10. The molecule has 0 saturated heterocycles. The average Bonchev–Trinajstić information content (AvgIpc) is 2.52. The van der Waals surface area contributed by atoms with Crippen molar-refractivity contribution in [2.75, 3.05) is 0 Å². The molecule has 0 aliphatic carbocycles. The molecule has 0 spiro atoms. The predicted molar refractivity (Wildman–Crippen MR) is 56.8 cm³/mol. The van der Waals surface area contributed by atoms with E-state index >= 15 is 0 Å². The van der Waals surface area contributed by atoms with Gasteiger partial charge in [0.05, 0.1) is 18.1 Å². The standard InChI is InChI=1S/C7H6BrN3.C2H6/c1-5-4-11-6(8)2-10-7(11)3-9-5;1-2/h2-4H,1H3;1-2H3. The van der Waals surface area contributed by atoms with E-state index in [1.165, 1.54) is 0 Å². The highest BCUT2D eigenvalue weighted by Crippen LogP contribution is 2.11. The van der Waals surface area contributed by atoms with Crippen molar-refractivity contribution >= 4 is 21.6 Å². The van der Waals surface area contributed by atoms with Crippen LogP contribution in [0.15, 0.2) is 23.2 Å². The summed E-state index contributed by atoms with van der Waals surface area (Å²) in [6.45, 7) is 5.95. The molecule has 0 radical (unpaired) electrons. The van der Waals surface area contributed by atoms with Gasteiger partial charge in [-0.05, 0) is 22.9 Å². The van der Waals surface area contributed by atoms with Crippen LogP contribution in [0.25, 0.3) is 5.65 Å². The number of hydrogen-bond donors (Lipinski definition) is 0. The van der Waals surface area contributed by atoms with Gasteiger partial charge < -0.3 is 0 Å². The van der Waals surface area contributed by atoms with Crippen molar-refractivity contribution in [1.82, 2.24) is 14.4 Å². The van der Waals surface area contributed by atoms with Gasteiger partial charge >= 0.3 is 0 Å². The molecule has 3 nitrogen and oxygen atoms in total. The molecular formula is C9H12BrN3. The number of hydrogen-bond acceptors (Lipinski definition) is 2. The Hall–Kier alpha value is -0.900. The van der Waals surface area contributed by atoms with Crippen LogP contribution in [0.5, 0.6) is 0 Å². The zero-order valence-corrected chi connectivity index (χ0v) is 9.54. The van der Waals surface area contributed by atoms with Crippen LogP contribution < -0.4 is 0 Å². The minimum absolute atomic E-state index is 0.863. The van der Waals surface area contributed by atoms with Gasteiger partial charge in [-0.2, -0.15) is 0 Å². The zero-order valence-electron chi connectivity index (χ0n) is 7.95. The second-order valence-electron chi connectivity index (χ2n) is 2.34. The Morgan fingerprint density at radius 1 is 1.23 bits per heavy atom. The molecule has 0 aromatic carbocycles. The Kier molecular flexibility index (Phi) is 3.42. The molecule has 0 atom stereocenters. The number of aromatic nitrogens is 3. The molecular weight excluding hydrogens is 230 g/mol. The van der Waals surface area contributed by atoms with E-state index in [-0.39, 0.29) is 0 Å². The predicted octanol–water partition coefficient (Wildman–Crippen LogP) is 2.83. The molecule has 0 bridgehead atoms. The summed E-state index contributed by atoms with van der Waals surface area (Å²) in [5, 5.41) is 0. The Labute approximate surface area is 86.0 Å². The van der Waals surface area contributed by atoms with Crippen molar-refractivity contribution in [2.45, 2.75) is 20.8 Å². The van der Waals surface area contributed by atoms with E-state index in [1.807, 2.05) is 31.4 Å². The van der Waals surface area contributed by atoms with Crippen molar-refractivity contribution < 1.29 is 0 Å². The highest BCUT2D eigenvalue weighted by atomic mass is 79.9. The topological polar surface area (TPSA) is 30.2 Å². The molecule has 2 heterocycles. The fourth-order valence-corrected chi connectivity index (χ4v) is 1.34. The quantitative estimate of drug-likeness (QED) is 0.711. The smallest absolute Gasteiger partial charge is 0.156 e. The molecule has 0 aliphatic heterocycles. The minimum Gasteiger partial charge on any atom is -0.291 e. The number of aryl methyl sites for hydroxylation is 1. The molecule has 13 heavy (non-hydrogen) atoms. The fraction of sp³-hybridized carbons (Fsp3) is 0.333. The van der Waals surface area contributed by atoms with Crippen molar-refractivity contribution in [3.8, 4) is 0 Å². The van der Waals surface area contributed by atoms with E-state index < -0.39 is 0 Å². The van der Waals surface area contributed by atoms with E-state index in [9.17, 15) is 0 Å².